The summed E-state index contributed by atoms with van der Waals surface area (Å²) in [6, 6.07) is 9.13. The van der Waals surface area contributed by atoms with E-state index in [4.69, 9.17) is 19.7 Å². The van der Waals surface area contributed by atoms with Gasteiger partial charge < -0.3 is 19.7 Å². The number of carbonyl (C=O) groups excluding carboxylic acids is 1. The van der Waals surface area contributed by atoms with Gasteiger partial charge in [-0.2, -0.15) is 0 Å². The van der Waals surface area contributed by atoms with Crippen molar-refractivity contribution >= 4 is 18.2 Å². The number of aldehydes is 1. The van der Waals surface area contributed by atoms with E-state index < -0.39 is 11.9 Å². The predicted octanol–water partition coefficient (Wildman–Crippen LogP) is 4.27. The lowest BCUT2D eigenvalue weighted by molar-refractivity contribution is -0.138. The average Bonchev–Trinajstić information content (AvgIpc) is 2.69. The van der Waals surface area contributed by atoms with E-state index >= 15 is 0 Å². The highest BCUT2D eigenvalue weighted by molar-refractivity contribution is 5.84. The molecule has 2 aromatic carbocycles. The van der Waals surface area contributed by atoms with Crippen LogP contribution in [0.25, 0.3) is 11.1 Å². The zero-order chi connectivity index (χ0) is 22.1. The molecule has 0 spiro atoms. The largest absolute Gasteiger partial charge is 0.490 e. The van der Waals surface area contributed by atoms with Crippen LogP contribution in [-0.4, -0.2) is 41.7 Å². The molecule has 0 unspecified atom stereocenters. The van der Waals surface area contributed by atoms with Crippen molar-refractivity contribution in [1.29, 1.82) is 0 Å². The predicted molar refractivity (Wildman–Crippen MR) is 111 cm³/mol. The first-order chi connectivity index (χ1) is 14.3. The van der Waals surface area contributed by atoms with Crippen LogP contribution in [0.4, 0.5) is 0 Å². The molecule has 0 fully saturated rings. The molecule has 160 valence electrons. The van der Waals surface area contributed by atoms with Gasteiger partial charge >= 0.3 is 11.9 Å². The summed E-state index contributed by atoms with van der Waals surface area (Å²) in [5.74, 6) is -0.858. The number of benzene rings is 2. The molecule has 0 aliphatic rings. The number of carboxylic acid groups (broad SMARTS) is 2. The molecule has 0 amide bonds. The minimum atomic E-state index is -0.894. The van der Waals surface area contributed by atoms with Gasteiger partial charge in [-0.05, 0) is 61.1 Å². The number of hydrogen-bond donors (Lipinski definition) is 2. The fourth-order valence-electron chi connectivity index (χ4n) is 3.06. The molecule has 7 heteroatoms. The monoisotopic (exact) mass is 414 g/mol. The van der Waals surface area contributed by atoms with E-state index in [1.165, 1.54) is 0 Å². The Morgan fingerprint density at radius 1 is 0.900 bits per heavy atom. The molecule has 0 saturated carbocycles. The highest BCUT2D eigenvalue weighted by atomic mass is 16.5. The van der Waals surface area contributed by atoms with Crippen LogP contribution >= 0.6 is 0 Å². The summed E-state index contributed by atoms with van der Waals surface area (Å²) in [4.78, 5) is 32.7. The second-order valence-electron chi connectivity index (χ2n) is 6.94. The molecule has 0 heterocycles. The van der Waals surface area contributed by atoms with Crippen molar-refractivity contribution in [2.24, 2.45) is 0 Å². The van der Waals surface area contributed by atoms with E-state index in [1.54, 1.807) is 6.07 Å². The van der Waals surface area contributed by atoms with Gasteiger partial charge in [0.05, 0.1) is 13.2 Å². The standard InChI is InChI=1S/C23H26O7/c1-15-12-20(29-10-4-8-22(25)26)21(30-11-5-9-23(27)28)13-19(15)18-7-3-6-17(14-24)16(18)2/h3,6-7,12-14H,4-5,8-11H2,1-2H3,(H,25,26)(H,27,28). The number of ether oxygens (including phenoxy) is 2. The highest BCUT2D eigenvalue weighted by Crippen LogP contribution is 2.37. The lowest BCUT2D eigenvalue weighted by Gasteiger charge is -2.17. The topological polar surface area (TPSA) is 110 Å². The van der Waals surface area contributed by atoms with E-state index in [-0.39, 0.29) is 26.1 Å². The van der Waals surface area contributed by atoms with Crippen LogP contribution in [-0.2, 0) is 9.59 Å². The second-order valence-corrected chi connectivity index (χ2v) is 6.94. The molecule has 0 aromatic heterocycles. The molecule has 0 saturated heterocycles. The van der Waals surface area contributed by atoms with Gasteiger partial charge in [0.25, 0.3) is 0 Å². The molecule has 0 radical (unpaired) electrons. The first-order valence-electron chi connectivity index (χ1n) is 9.72. The first-order valence-corrected chi connectivity index (χ1v) is 9.72. The van der Waals surface area contributed by atoms with Crippen LogP contribution in [0.1, 0.15) is 47.2 Å². The molecule has 0 atom stereocenters. The maximum Gasteiger partial charge on any atom is 0.303 e. The van der Waals surface area contributed by atoms with Crippen molar-refractivity contribution in [3.05, 3.63) is 47.0 Å². The zero-order valence-electron chi connectivity index (χ0n) is 17.1. The lowest BCUT2D eigenvalue weighted by atomic mass is 9.93. The Morgan fingerprint density at radius 2 is 1.47 bits per heavy atom. The van der Waals surface area contributed by atoms with Crippen molar-refractivity contribution < 1.29 is 34.1 Å². The summed E-state index contributed by atoms with van der Waals surface area (Å²) in [7, 11) is 0. The third kappa shape index (κ3) is 6.34. The summed E-state index contributed by atoms with van der Waals surface area (Å²) < 4.78 is 11.6. The number of carbonyl (C=O) groups is 3. The molecule has 0 aliphatic heterocycles. The van der Waals surface area contributed by atoms with Crippen LogP contribution < -0.4 is 9.47 Å². The van der Waals surface area contributed by atoms with Crippen LogP contribution in [0.5, 0.6) is 11.5 Å². The van der Waals surface area contributed by atoms with Gasteiger partial charge in [-0.3, -0.25) is 14.4 Å². The Hall–Kier alpha value is -3.35. The van der Waals surface area contributed by atoms with Crippen LogP contribution in [0.2, 0.25) is 0 Å². The average molecular weight is 414 g/mol. The van der Waals surface area contributed by atoms with E-state index in [0.29, 0.717) is 29.9 Å². The number of aliphatic carboxylic acids is 2. The molecule has 0 aliphatic carbocycles. The summed E-state index contributed by atoms with van der Waals surface area (Å²) in [5.41, 5.74) is 4.13. The Morgan fingerprint density at radius 3 is 2.00 bits per heavy atom. The van der Waals surface area contributed by atoms with Gasteiger partial charge in [-0.15, -0.1) is 0 Å². The normalized spacial score (nSPS) is 10.5. The van der Waals surface area contributed by atoms with E-state index in [0.717, 1.165) is 28.5 Å². The van der Waals surface area contributed by atoms with Gasteiger partial charge in [0.2, 0.25) is 0 Å². The van der Waals surface area contributed by atoms with Crippen LogP contribution in [0.15, 0.2) is 30.3 Å². The minimum Gasteiger partial charge on any atom is -0.490 e. The molecule has 0 bridgehead atoms. The molecule has 2 N–H and O–H groups in total. The van der Waals surface area contributed by atoms with Crippen molar-refractivity contribution in [2.45, 2.75) is 39.5 Å². The number of aryl methyl sites for hydroxylation is 1. The highest BCUT2D eigenvalue weighted by Gasteiger charge is 2.15. The summed E-state index contributed by atoms with van der Waals surface area (Å²) in [5, 5.41) is 17.6. The van der Waals surface area contributed by atoms with Crippen molar-refractivity contribution in [1.82, 2.24) is 0 Å². The fraction of sp³-hybridized carbons (Fsp3) is 0.348. The molecule has 2 aromatic rings. The smallest absolute Gasteiger partial charge is 0.303 e. The third-order valence-corrected chi connectivity index (χ3v) is 4.67. The van der Waals surface area contributed by atoms with Gasteiger partial charge in [0, 0.05) is 18.4 Å². The Kier molecular flexibility index (Phi) is 8.41. The van der Waals surface area contributed by atoms with Crippen molar-refractivity contribution in [2.75, 3.05) is 13.2 Å². The fourth-order valence-corrected chi connectivity index (χ4v) is 3.06. The van der Waals surface area contributed by atoms with Crippen LogP contribution in [0.3, 0.4) is 0 Å². The second kappa shape index (κ2) is 11.0. The summed E-state index contributed by atoms with van der Waals surface area (Å²) in [6.45, 7) is 4.22. The van der Waals surface area contributed by atoms with Gasteiger partial charge in [0.1, 0.15) is 6.29 Å². The van der Waals surface area contributed by atoms with Crippen molar-refractivity contribution in [3.8, 4) is 22.6 Å². The van der Waals surface area contributed by atoms with Crippen molar-refractivity contribution in [3.63, 3.8) is 0 Å². The number of rotatable bonds is 12. The zero-order valence-corrected chi connectivity index (χ0v) is 17.1. The number of hydrogen-bond acceptors (Lipinski definition) is 5. The Labute approximate surface area is 175 Å². The quantitative estimate of drug-likeness (QED) is 0.394. The molecule has 2 rings (SSSR count). The first kappa shape index (κ1) is 22.9. The molecular formula is C23H26O7. The van der Waals surface area contributed by atoms with Gasteiger partial charge in [-0.25, -0.2) is 0 Å². The van der Waals surface area contributed by atoms with Gasteiger partial charge in [-0.1, -0.05) is 18.2 Å². The lowest BCUT2D eigenvalue weighted by Crippen LogP contribution is -2.06. The van der Waals surface area contributed by atoms with Gasteiger partial charge in [0.15, 0.2) is 11.5 Å². The molecular weight excluding hydrogens is 388 g/mol. The molecule has 30 heavy (non-hydrogen) atoms. The van der Waals surface area contributed by atoms with Crippen LogP contribution in [0, 0.1) is 13.8 Å². The SMILES string of the molecule is Cc1cc(OCCCC(=O)O)c(OCCCC(=O)O)cc1-c1cccc(C=O)c1C. The summed E-state index contributed by atoms with van der Waals surface area (Å²) in [6.07, 6.45) is 1.51. The van der Waals surface area contributed by atoms with E-state index in [2.05, 4.69) is 0 Å². The summed E-state index contributed by atoms with van der Waals surface area (Å²) >= 11 is 0. The van der Waals surface area contributed by atoms with E-state index in [9.17, 15) is 14.4 Å². The van der Waals surface area contributed by atoms with E-state index in [1.807, 2.05) is 38.1 Å². The Balaban J connectivity index is 2.32. The number of carboxylic acids is 2. The Bertz CT molecular complexity index is 918. The molecule has 7 nitrogen and oxygen atoms in total. The third-order valence-electron chi connectivity index (χ3n) is 4.67. The maximum absolute atomic E-state index is 11.3. The minimum absolute atomic E-state index is 0.00352. The maximum atomic E-state index is 11.3.